The predicted molar refractivity (Wildman–Crippen MR) is 49.5 cm³/mol. The van der Waals surface area contributed by atoms with Gasteiger partial charge < -0.3 is 10.1 Å². The monoisotopic (exact) mass is 233 g/mol. The number of carboxylic acids is 1. The van der Waals surface area contributed by atoms with Crippen molar-refractivity contribution in [3.63, 3.8) is 0 Å². The van der Waals surface area contributed by atoms with Crippen molar-refractivity contribution in [1.29, 1.82) is 0 Å². The molecule has 1 aromatic rings. The minimum atomic E-state index is -4.20. The van der Waals surface area contributed by atoms with Crippen LogP contribution in [-0.2, 0) is 6.42 Å². The number of alkyl halides is 3. The van der Waals surface area contributed by atoms with Gasteiger partial charge in [-0.25, -0.2) is 4.79 Å². The van der Waals surface area contributed by atoms with Gasteiger partial charge in [-0.15, -0.1) is 0 Å². The Morgan fingerprint density at radius 3 is 2.81 bits per heavy atom. The fraction of sp³-hybridized carbons (Fsp3) is 0.500. The van der Waals surface area contributed by atoms with Crippen LogP contribution in [0.25, 0.3) is 0 Å². The number of carboxylic acid groups (broad SMARTS) is 1. The Balaban J connectivity index is 2.22. The number of aryl methyl sites for hydroxylation is 1. The lowest BCUT2D eigenvalue weighted by atomic mass is 9.99. The third-order valence-corrected chi connectivity index (χ3v) is 2.82. The number of nitrogens with one attached hydrogen (secondary N) is 1. The maximum atomic E-state index is 12.2. The Morgan fingerprint density at radius 1 is 1.56 bits per heavy atom. The average molecular weight is 233 g/mol. The Kier molecular flexibility index (Phi) is 2.44. The van der Waals surface area contributed by atoms with Crippen LogP contribution in [0.5, 0.6) is 0 Å². The zero-order chi connectivity index (χ0) is 11.9. The molecular formula is C10H10F3NO2. The van der Waals surface area contributed by atoms with Crippen LogP contribution in [-0.4, -0.2) is 22.2 Å². The highest BCUT2D eigenvalue weighted by Crippen LogP contribution is 2.40. The highest BCUT2D eigenvalue weighted by atomic mass is 19.4. The molecule has 0 amide bonds. The second kappa shape index (κ2) is 3.54. The van der Waals surface area contributed by atoms with Crippen LogP contribution in [0, 0.1) is 0 Å². The van der Waals surface area contributed by atoms with Crippen LogP contribution in [0.2, 0.25) is 0 Å². The molecule has 0 aromatic carbocycles. The fourth-order valence-corrected chi connectivity index (χ4v) is 2.17. The fourth-order valence-electron chi connectivity index (χ4n) is 2.17. The molecule has 3 nitrogen and oxygen atoms in total. The summed E-state index contributed by atoms with van der Waals surface area (Å²) in [5.41, 5.74) is 1.11. The van der Waals surface area contributed by atoms with E-state index in [2.05, 4.69) is 4.98 Å². The zero-order valence-corrected chi connectivity index (χ0v) is 8.27. The van der Waals surface area contributed by atoms with Crippen molar-refractivity contribution < 1.29 is 23.1 Å². The van der Waals surface area contributed by atoms with Gasteiger partial charge in [0.1, 0.15) is 5.69 Å². The minimum absolute atomic E-state index is 0.0307. The van der Waals surface area contributed by atoms with Crippen LogP contribution in [0.4, 0.5) is 13.2 Å². The average Bonchev–Trinajstić information content (AvgIpc) is 2.64. The quantitative estimate of drug-likeness (QED) is 0.825. The van der Waals surface area contributed by atoms with Crippen molar-refractivity contribution in [2.75, 3.05) is 0 Å². The molecule has 1 aliphatic carbocycles. The van der Waals surface area contributed by atoms with E-state index in [0.717, 1.165) is 0 Å². The van der Waals surface area contributed by atoms with E-state index in [0.29, 0.717) is 24.1 Å². The number of fused-ring (bicyclic) bond motifs is 1. The first kappa shape index (κ1) is 11.0. The minimum Gasteiger partial charge on any atom is -0.477 e. The van der Waals surface area contributed by atoms with Gasteiger partial charge in [-0.1, -0.05) is 0 Å². The number of aromatic nitrogens is 1. The number of carbonyl (C=O) groups is 1. The second-order valence-electron chi connectivity index (χ2n) is 3.98. The summed E-state index contributed by atoms with van der Waals surface area (Å²) in [7, 11) is 0. The van der Waals surface area contributed by atoms with Crippen LogP contribution in [0.15, 0.2) is 6.07 Å². The van der Waals surface area contributed by atoms with E-state index >= 15 is 0 Å². The summed E-state index contributed by atoms with van der Waals surface area (Å²) < 4.78 is 36.7. The molecule has 0 spiro atoms. The van der Waals surface area contributed by atoms with Crippen LogP contribution in [0.3, 0.4) is 0 Å². The van der Waals surface area contributed by atoms with E-state index < -0.39 is 24.5 Å². The number of halogens is 3. The standard InChI is InChI=1S/C10H10F3NO2/c11-10(12,13)4-5-1-2-7-6(5)3-8(14-7)9(15)16/h3,5,14H,1-2,4H2,(H,15,16). The largest absolute Gasteiger partial charge is 0.477 e. The molecule has 0 bridgehead atoms. The third-order valence-electron chi connectivity index (χ3n) is 2.82. The van der Waals surface area contributed by atoms with Gasteiger partial charge in [0.05, 0.1) is 6.42 Å². The van der Waals surface area contributed by atoms with E-state index in [9.17, 15) is 18.0 Å². The molecule has 1 aromatic heterocycles. The summed E-state index contributed by atoms with van der Waals surface area (Å²) in [6.45, 7) is 0. The summed E-state index contributed by atoms with van der Waals surface area (Å²) in [6, 6.07) is 1.32. The molecule has 1 heterocycles. The van der Waals surface area contributed by atoms with Crippen molar-refractivity contribution >= 4 is 5.97 Å². The van der Waals surface area contributed by atoms with Crippen LogP contribution >= 0.6 is 0 Å². The van der Waals surface area contributed by atoms with Gasteiger partial charge >= 0.3 is 12.1 Å². The molecule has 6 heteroatoms. The molecule has 1 unspecified atom stereocenters. The summed E-state index contributed by atoms with van der Waals surface area (Å²) in [5, 5.41) is 8.71. The number of rotatable bonds is 2. The highest BCUT2D eigenvalue weighted by molar-refractivity contribution is 5.86. The summed E-state index contributed by atoms with van der Waals surface area (Å²) in [5.74, 6) is -1.74. The Labute approximate surface area is 89.3 Å². The molecule has 0 saturated heterocycles. The molecule has 88 valence electrons. The summed E-state index contributed by atoms with van der Waals surface area (Å²) >= 11 is 0. The zero-order valence-electron chi connectivity index (χ0n) is 8.27. The number of hydrogen-bond donors (Lipinski definition) is 2. The lowest BCUT2D eigenvalue weighted by Gasteiger charge is -2.12. The molecule has 1 aliphatic rings. The van der Waals surface area contributed by atoms with E-state index in [1.54, 1.807) is 0 Å². The van der Waals surface area contributed by atoms with E-state index in [1.165, 1.54) is 6.07 Å². The molecule has 2 rings (SSSR count). The maximum absolute atomic E-state index is 12.2. The van der Waals surface area contributed by atoms with Gasteiger partial charge in [0.25, 0.3) is 0 Å². The van der Waals surface area contributed by atoms with Crippen molar-refractivity contribution in [2.24, 2.45) is 0 Å². The first-order valence-corrected chi connectivity index (χ1v) is 4.88. The number of H-pyrrole nitrogens is 1. The first-order chi connectivity index (χ1) is 7.37. The molecule has 0 saturated carbocycles. The summed E-state index contributed by atoms with van der Waals surface area (Å²) in [4.78, 5) is 13.3. The number of aromatic carboxylic acids is 1. The molecule has 0 fully saturated rings. The number of hydrogen-bond acceptors (Lipinski definition) is 1. The van der Waals surface area contributed by atoms with Crippen molar-refractivity contribution in [2.45, 2.75) is 31.4 Å². The highest BCUT2D eigenvalue weighted by Gasteiger charge is 2.36. The Bertz CT molecular complexity index is 422. The molecular weight excluding hydrogens is 223 g/mol. The molecule has 1 atom stereocenters. The maximum Gasteiger partial charge on any atom is 0.389 e. The molecule has 0 aliphatic heterocycles. The molecule has 2 N–H and O–H groups in total. The van der Waals surface area contributed by atoms with Crippen LogP contribution in [0.1, 0.15) is 40.5 Å². The van der Waals surface area contributed by atoms with E-state index in [4.69, 9.17) is 5.11 Å². The molecule has 0 radical (unpaired) electrons. The van der Waals surface area contributed by atoms with Gasteiger partial charge in [0.2, 0.25) is 0 Å². The van der Waals surface area contributed by atoms with Gasteiger partial charge in [0.15, 0.2) is 0 Å². The normalized spacial score (nSPS) is 19.8. The first-order valence-electron chi connectivity index (χ1n) is 4.88. The Morgan fingerprint density at radius 2 is 2.25 bits per heavy atom. The lowest BCUT2D eigenvalue weighted by Crippen LogP contribution is -2.12. The van der Waals surface area contributed by atoms with Gasteiger partial charge in [-0.05, 0) is 30.4 Å². The SMILES string of the molecule is O=C(O)c1cc2c([nH]1)CCC2CC(F)(F)F. The van der Waals surface area contributed by atoms with Crippen molar-refractivity contribution in [3.05, 3.63) is 23.0 Å². The van der Waals surface area contributed by atoms with E-state index in [-0.39, 0.29) is 5.69 Å². The van der Waals surface area contributed by atoms with Gasteiger partial charge in [-0.2, -0.15) is 13.2 Å². The number of aromatic amines is 1. The van der Waals surface area contributed by atoms with Crippen molar-refractivity contribution in [3.8, 4) is 0 Å². The smallest absolute Gasteiger partial charge is 0.389 e. The Hall–Kier alpha value is -1.46. The third kappa shape index (κ3) is 2.05. The lowest BCUT2D eigenvalue weighted by molar-refractivity contribution is -0.138. The summed E-state index contributed by atoms with van der Waals surface area (Å²) in [6.07, 6.45) is -4.16. The molecule has 16 heavy (non-hydrogen) atoms. The van der Waals surface area contributed by atoms with Crippen molar-refractivity contribution in [1.82, 2.24) is 4.98 Å². The van der Waals surface area contributed by atoms with Crippen LogP contribution < -0.4 is 0 Å². The van der Waals surface area contributed by atoms with E-state index in [1.807, 2.05) is 0 Å². The predicted octanol–water partition coefficient (Wildman–Crippen LogP) is 2.70. The van der Waals surface area contributed by atoms with Gasteiger partial charge in [-0.3, -0.25) is 0 Å². The second-order valence-corrected chi connectivity index (χ2v) is 3.98. The van der Waals surface area contributed by atoms with Gasteiger partial charge in [0, 0.05) is 5.69 Å². The topological polar surface area (TPSA) is 53.1 Å².